The third-order valence-electron chi connectivity index (χ3n) is 10.5. The van der Waals surface area contributed by atoms with E-state index in [9.17, 15) is 0 Å². The van der Waals surface area contributed by atoms with Crippen molar-refractivity contribution >= 4 is 66.3 Å². The van der Waals surface area contributed by atoms with Gasteiger partial charge in [-0.15, -0.1) is 0 Å². The van der Waals surface area contributed by atoms with Crippen LogP contribution in [0.1, 0.15) is 22.9 Å². The molecule has 5 nitrogen and oxygen atoms in total. The summed E-state index contributed by atoms with van der Waals surface area (Å²) in [6.07, 6.45) is -0.347. The first-order valence-electron chi connectivity index (χ1n) is 18.2. The third-order valence-corrected chi connectivity index (χ3v) is 10.5. The molecule has 0 saturated heterocycles. The van der Waals surface area contributed by atoms with Crippen LogP contribution in [-0.2, 0) is 0 Å². The van der Waals surface area contributed by atoms with Crippen LogP contribution in [0.5, 0.6) is 0 Å². The number of benzene rings is 8. The molecule has 0 bridgehead atoms. The van der Waals surface area contributed by atoms with Crippen LogP contribution in [-0.4, -0.2) is 11.7 Å². The van der Waals surface area contributed by atoms with E-state index in [4.69, 9.17) is 18.8 Å². The van der Waals surface area contributed by atoms with E-state index < -0.39 is 0 Å². The van der Waals surface area contributed by atoms with E-state index in [1.54, 1.807) is 0 Å². The molecular formula is C49H31N3O2. The summed E-state index contributed by atoms with van der Waals surface area (Å²) in [4.78, 5) is 10.5. The summed E-state index contributed by atoms with van der Waals surface area (Å²) in [5.41, 5.74) is 10.7. The molecule has 0 aliphatic carbocycles. The minimum Gasteiger partial charge on any atom is -0.456 e. The number of hydrogen-bond acceptors (Lipinski definition) is 5. The van der Waals surface area contributed by atoms with Gasteiger partial charge in [0, 0.05) is 43.8 Å². The monoisotopic (exact) mass is 693 g/mol. The zero-order valence-electron chi connectivity index (χ0n) is 29.0. The molecular weight excluding hydrogens is 663 g/mol. The molecule has 254 valence electrons. The predicted octanol–water partition coefficient (Wildman–Crippen LogP) is 12.5. The van der Waals surface area contributed by atoms with Crippen molar-refractivity contribution in [1.82, 2.24) is 5.32 Å². The van der Waals surface area contributed by atoms with Gasteiger partial charge in [-0.05, 0) is 45.7 Å². The summed E-state index contributed by atoms with van der Waals surface area (Å²) in [6.45, 7) is 0. The van der Waals surface area contributed by atoms with Gasteiger partial charge in [-0.2, -0.15) is 0 Å². The SMILES string of the molecule is c1ccc(C2=NC(c3cccc4oc5c(-c6c7ccccc7cc7oc8ccccc8c67)cccc5c34)=NC(c3ccc(-c4ccccc4)cc3)N2)cc1. The molecule has 54 heavy (non-hydrogen) atoms. The van der Waals surface area contributed by atoms with Gasteiger partial charge in [-0.3, -0.25) is 0 Å². The summed E-state index contributed by atoms with van der Waals surface area (Å²) < 4.78 is 13.3. The molecule has 2 aromatic heterocycles. The normalized spacial score (nSPS) is 14.5. The molecule has 1 aliphatic heterocycles. The molecule has 0 radical (unpaired) electrons. The highest BCUT2D eigenvalue weighted by Gasteiger charge is 2.25. The maximum Gasteiger partial charge on any atom is 0.160 e. The Bertz CT molecular complexity index is 3120. The van der Waals surface area contributed by atoms with Gasteiger partial charge < -0.3 is 14.2 Å². The number of rotatable bonds is 5. The van der Waals surface area contributed by atoms with Crippen molar-refractivity contribution in [3.8, 4) is 22.3 Å². The zero-order valence-corrected chi connectivity index (χ0v) is 29.0. The molecule has 0 spiro atoms. The van der Waals surface area contributed by atoms with Crippen molar-refractivity contribution in [2.24, 2.45) is 9.98 Å². The van der Waals surface area contributed by atoms with Crippen LogP contribution in [0.15, 0.2) is 195 Å². The lowest BCUT2D eigenvalue weighted by Crippen LogP contribution is -2.33. The Morgan fingerprint density at radius 2 is 1.11 bits per heavy atom. The van der Waals surface area contributed by atoms with Gasteiger partial charge in [0.1, 0.15) is 34.3 Å². The Hall–Kier alpha value is -7.24. The Morgan fingerprint density at radius 3 is 1.94 bits per heavy atom. The number of aliphatic imine (C=N–C) groups is 2. The van der Waals surface area contributed by atoms with E-state index in [0.717, 1.165) is 93.9 Å². The molecule has 1 aliphatic rings. The van der Waals surface area contributed by atoms with Crippen LogP contribution in [0, 0.1) is 0 Å². The first kappa shape index (κ1) is 30.4. The highest BCUT2D eigenvalue weighted by atomic mass is 16.3. The van der Waals surface area contributed by atoms with Crippen LogP contribution >= 0.6 is 0 Å². The minimum absolute atomic E-state index is 0.347. The summed E-state index contributed by atoms with van der Waals surface area (Å²) >= 11 is 0. The Labute approximate surface area is 310 Å². The highest BCUT2D eigenvalue weighted by molar-refractivity contribution is 6.26. The van der Waals surface area contributed by atoms with Crippen molar-refractivity contribution < 1.29 is 8.83 Å². The number of nitrogens with one attached hydrogen (secondary N) is 1. The molecule has 1 unspecified atom stereocenters. The quantitative estimate of drug-likeness (QED) is 0.195. The zero-order chi connectivity index (χ0) is 35.6. The molecule has 1 N–H and O–H groups in total. The topological polar surface area (TPSA) is 63.0 Å². The average molecular weight is 694 g/mol. The van der Waals surface area contributed by atoms with Crippen molar-refractivity contribution in [3.05, 3.63) is 193 Å². The lowest BCUT2D eigenvalue weighted by atomic mass is 9.92. The summed E-state index contributed by atoms with van der Waals surface area (Å²) in [7, 11) is 0. The second-order valence-electron chi connectivity index (χ2n) is 13.7. The molecule has 0 saturated carbocycles. The van der Waals surface area contributed by atoms with Gasteiger partial charge in [0.2, 0.25) is 0 Å². The smallest absolute Gasteiger partial charge is 0.160 e. The third kappa shape index (κ3) is 4.86. The summed E-state index contributed by atoms with van der Waals surface area (Å²) in [5.74, 6) is 1.42. The van der Waals surface area contributed by atoms with Crippen molar-refractivity contribution in [3.63, 3.8) is 0 Å². The molecule has 3 heterocycles. The fourth-order valence-corrected chi connectivity index (χ4v) is 8.03. The molecule has 1 atom stereocenters. The number of amidine groups is 2. The second kappa shape index (κ2) is 12.2. The minimum atomic E-state index is -0.347. The number of nitrogens with zero attached hydrogens (tertiary/aromatic N) is 2. The number of para-hydroxylation sites is 2. The molecule has 5 heteroatoms. The molecule has 0 fully saturated rings. The van der Waals surface area contributed by atoms with Gasteiger partial charge in [0.25, 0.3) is 0 Å². The van der Waals surface area contributed by atoms with Gasteiger partial charge in [0.05, 0.1) is 0 Å². The van der Waals surface area contributed by atoms with Gasteiger partial charge in [-0.25, -0.2) is 9.98 Å². The standard InChI is InChI=1S/C49H31N3O2/c1-3-13-30(14-4-1)31-25-27-33(28-26-31)48-50-47(32-15-5-2-6-16-32)51-49(52-48)39-22-12-24-41-43(39)37-20-11-21-38(46(37)54-41)44-35-18-8-7-17-34(35)29-42-45(44)36-19-9-10-23-40(36)53-42/h1-29,48H,(H,50,51,52). The van der Waals surface area contributed by atoms with Crippen LogP contribution in [0.4, 0.5) is 0 Å². The van der Waals surface area contributed by atoms with E-state index >= 15 is 0 Å². The van der Waals surface area contributed by atoms with Crippen LogP contribution in [0.25, 0.3) is 76.9 Å². The van der Waals surface area contributed by atoms with Gasteiger partial charge in [-0.1, -0.05) is 158 Å². The van der Waals surface area contributed by atoms with Crippen molar-refractivity contribution in [2.45, 2.75) is 6.17 Å². The fourth-order valence-electron chi connectivity index (χ4n) is 8.03. The summed E-state index contributed by atoms with van der Waals surface area (Å²) in [6, 6.07) is 60.8. The highest BCUT2D eigenvalue weighted by Crippen LogP contribution is 2.46. The Balaban J connectivity index is 1.12. The lowest BCUT2D eigenvalue weighted by molar-refractivity contribution is 0.669. The van der Waals surface area contributed by atoms with Crippen LogP contribution < -0.4 is 5.32 Å². The van der Waals surface area contributed by atoms with Gasteiger partial charge in [0.15, 0.2) is 5.84 Å². The number of hydrogen-bond donors (Lipinski definition) is 1. The molecule has 11 rings (SSSR count). The van der Waals surface area contributed by atoms with Crippen LogP contribution in [0.3, 0.4) is 0 Å². The van der Waals surface area contributed by atoms with E-state index in [1.807, 2.05) is 48.5 Å². The maximum absolute atomic E-state index is 6.88. The Kier molecular flexibility index (Phi) is 6.85. The van der Waals surface area contributed by atoms with E-state index in [2.05, 4.69) is 133 Å². The lowest BCUT2D eigenvalue weighted by Gasteiger charge is -2.24. The van der Waals surface area contributed by atoms with Crippen molar-refractivity contribution in [2.75, 3.05) is 0 Å². The first-order chi connectivity index (χ1) is 26.8. The fraction of sp³-hybridized carbons (Fsp3) is 0.0204. The van der Waals surface area contributed by atoms with E-state index in [1.165, 1.54) is 5.56 Å². The molecule has 10 aromatic rings. The largest absolute Gasteiger partial charge is 0.456 e. The molecule has 8 aromatic carbocycles. The maximum atomic E-state index is 6.88. The second-order valence-corrected chi connectivity index (χ2v) is 13.7. The van der Waals surface area contributed by atoms with Crippen LogP contribution in [0.2, 0.25) is 0 Å². The van der Waals surface area contributed by atoms with E-state index in [-0.39, 0.29) is 6.17 Å². The Morgan fingerprint density at radius 1 is 0.463 bits per heavy atom. The predicted molar refractivity (Wildman–Crippen MR) is 221 cm³/mol. The number of furan rings is 2. The first-order valence-corrected chi connectivity index (χ1v) is 18.2. The van der Waals surface area contributed by atoms with Crippen molar-refractivity contribution in [1.29, 1.82) is 0 Å². The van der Waals surface area contributed by atoms with Gasteiger partial charge >= 0.3 is 0 Å². The summed E-state index contributed by atoms with van der Waals surface area (Å²) in [5, 5.41) is 10.0. The average Bonchev–Trinajstić information content (AvgIpc) is 3.82. The molecule has 0 amide bonds. The van der Waals surface area contributed by atoms with E-state index in [0.29, 0.717) is 5.84 Å². The number of fused-ring (bicyclic) bond motifs is 7.